The predicted molar refractivity (Wildman–Crippen MR) is 74.4 cm³/mol. The highest BCUT2D eigenvalue weighted by Gasteiger charge is 2.25. The molecule has 3 N–H and O–H groups in total. The van der Waals surface area contributed by atoms with E-state index in [2.05, 4.69) is 40.8 Å². The maximum absolute atomic E-state index is 5.95. The number of nitrogens with one attached hydrogen (secondary N) is 1. The highest BCUT2D eigenvalue weighted by Crippen LogP contribution is 2.24. The quantitative estimate of drug-likeness (QED) is 0.847. The number of benzene rings is 1. The Balaban J connectivity index is 2.29. The maximum atomic E-state index is 5.95. The van der Waals surface area contributed by atoms with E-state index in [1.165, 1.54) is 0 Å². The van der Waals surface area contributed by atoms with Crippen molar-refractivity contribution in [1.82, 2.24) is 9.55 Å². The largest absolute Gasteiger partial charge is 0.345 e. The fraction of sp³-hybridized carbons (Fsp3) is 0.357. The van der Waals surface area contributed by atoms with Crippen molar-refractivity contribution < 1.29 is 0 Å². The van der Waals surface area contributed by atoms with Crippen LogP contribution in [0.15, 0.2) is 42.7 Å². The van der Waals surface area contributed by atoms with Crippen molar-refractivity contribution in [3.8, 4) is 0 Å². The van der Waals surface area contributed by atoms with Crippen molar-refractivity contribution in [1.29, 1.82) is 0 Å². The smallest absolute Gasteiger partial charge is 0.203 e. The van der Waals surface area contributed by atoms with Gasteiger partial charge in [0.1, 0.15) is 0 Å². The molecule has 0 saturated heterocycles. The highest BCUT2D eigenvalue weighted by molar-refractivity contribution is 5.37. The van der Waals surface area contributed by atoms with Gasteiger partial charge in [0.2, 0.25) is 5.95 Å². The predicted octanol–water partition coefficient (Wildman–Crippen LogP) is 2.19. The Morgan fingerprint density at radius 3 is 2.67 bits per heavy atom. The van der Waals surface area contributed by atoms with Gasteiger partial charge in [0.15, 0.2) is 0 Å². The molecular formula is C14H20N4. The molecule has 96 valence electrons. The molecule has 1 aromatic carbocycles. The first kappa shape index (κ1) is 12.6. The topological polar surface area (TPSA) is 55.9 Å². The van der Waals surface area contributed by atoms with E-state index in [1.807, 2.05) is 24.4 Å². The summed E-state index contributed by atoms with van der Waals surface area (Å²) in [4.78, 5) is 4.34. The molecule has 18 heavy (non-hydrogen) atoms. The lowest BCUT2D eigenvalue weighted by Gasteiger charge is -2.30. The Hall–Kier alpha value is -1.81. The van der Waals surface area contributed by atoms with Crippen LogP contribution in [0.5, 0.6) is 0 Å². The van der Waals surface area contributed by atoms with E-state index in [0.29, 0.717) is 6.54 Å². The zero-order valence-electron chi connectivity index (χ0n) is 10.9. The molecule has 0 spiro atoms. The van der Waals surface area contributed by atoms with Crippen LogP contribution in [0.4, 0.5) is 5.95 Å². The lowest BCUT2D eigenvalue weighted by molar-refractivity contribution is 0.544. The second kappa shape index (κ2) is 5.23. The average Bonchev–Trinajstić information content (AvgIpc) is 2.86. The molecule has 0 aliphatic heterocycles. The number of hydrogen-bond donors (Lipinski definition) is 2. The van der Waals surface area contributed by atoms with Crippen molar-refractivity contribution >= 4 is 5.95 Å². The Bertz CT molecular complexity index is 492. The third kappa shape index (κ3) is 2.38. The van der Waals surface area contributed by atoms with E-state index in [9.17, 15) is 0 Å². The van der Waals surface area contributed by atoms with Crippen LogP contribution in [0.1, 0.15) is 19.4 Å². The first-order valence-corrected chi connectivity index (χ1v) is 6.24. The molecule has 4 heteroatoms. The van der Waals surface area contributed by atoms with Gasteiger partial charge < -0.3 is 15.6 Å². The minimum atomic E-state index is -0.306. The fourth-order valence-electron chi connectivity index (χ4n) is 1.98. The van der Waals surface area contributed by atoms with Gasteiger partial charge in [-0.05, 0) is 19.4 Å². The number of aryl methyl sites for hydroxylation is 1. The van der Waals surface area contributed by atoms with E-state index in [1.54, 1.807) is 6.20 Å². The lowest BCUT2D eigenvalue weighted by Crippen LogP contribution is -2.40. The number of anilines is 1. The molecule has 0 saturated carbocycles. The van der Waals surface area contributed by atoms with Gasteiger partial charge in [-0.3, -0.25) is 0 Å². The van der Waals surface area contributed by atoms with E-state index < -0.39 is 0 Å². The molecule has 0 aliphatic carbocycles. The molecule has 0 aliphatic rings. The molecule has 0 amide bonds. The Kier molecular flexibility index (Phi) is 3.67. The van der Waals surface area contributed by atoms with Gasteiger partial charge in [-0.2, -0.15) is 0 Å². The lowest BCUT2D eigenvalue weighted by atomic mass is 9.92. The van der Waals surface area contributed by atoms with Crippen LogP contribution >= 0.6 is 0 Å². The SMILES string of the molecule is CCn1ccnc1NC(C)(CN)c1ccccc1. The molecule has 0 fully saturated rings. The van der Waals surface area contributed by atoms with Crippen LogP contribution in [-0.2, 0) is 12.1 Å². The van der Waals surface area contributed by atoms with Crippen LogP contribution in [-0.4, -0.2) is 16.1 Å². The minimum Gasteiger partial charge on any atom is -0.345 e. The Morgan fingerprint density at radius 2 is 2.06 bits per heavy atom. The van der Waals surface area contributed by atoms with Gasteiger partial charge in [-0.1, -0.05) is 30.3 Å². The van der Waals surface area contributed by atoms with E-state index in [-0.39, 0.29) is 5.54 Å². The number of aromatic nitrogens is 2. The van der Waals surface area contributed by atoms with Crippen LogP contribution in [0.25, 0.3) is 0 Å². The number of imidazole rings is 1. The Labute approximate surface area is 108 Å². The standard InChI is InChI=1S/C14H20N4/c1-3-18-10-9-16-13(18)17-14(2,11-15)12-7-5-4-6-8-12/h4-10H,3,11,15H2,1-2H3,(H,16,17). The molecule has 0 bridgehead atoms. The molecule has 0 radical (unpaired) electrons. The van der Waals surface area contributed by atoms with Gasteiger partial charge in [-0.15, -0.1) is 0 Å². The normalized spacial score (nSPS) is 14.2. The van der Waals surface area contributed by atoms with Gasteiger partial charge in [0.25, 0.3) is 0 Å². The molecule has 1 atom stereocenters. The number of nitrogens with zero attached hydrogens (tertiary/aromatic N) is 2. The van der Waals surface area contributed by atoms with Gasteiger partial charge >= 0.3 is 0 Å². The number of nitrogens with two attached hydrogens (primary N) is 1. The van der Waals surface area contributed by atoms with Crippen molar-refractivity contribution in [2.45, 2.75) is 25.9 Å². The molecule has 1 heterocycles. The van der Waals surface area contributed by atoms with Crippen LogP contribution in [0.3, 0.4) is 0 Å². The molecule has 1 aromatic heterocycles. The first-order valence-electron chi connectivity index (χ1n) is 6.24. The summed E-state index contributed by atoms with van der Waals surface area (Å²) in [6.07, 6.45) is 3.76. The van der Waals surface area contributed by atoms with E-state index >= 15 is 0 Å². The molecule has 4 nitrogen and oxygen atoms in total. The summed E-state index contributed by atoms with van der Waals surface area (Å²) in [5, 5.41) is 3.45. The third-order valence-electron chi connectivity index (χ3n) is 3.26. The van der Waals surface area contributed by atoms with Gasteiger partial charge in [0, 0.05) is 25.5 Å². The maximum Gasteiger partial charge on any atom is 0.203 e. The fourth-order valence-corrected chi connectivity index (χ4v) is 1.98. The van der Waals surface area contributed by atoms with Crippen LogP contribution < -0.4 is 11.1 Å². The van der Waals surface area contributed by atoms with Crippen molar-refractivity contribution in [2.75, 3.05) is 11.9 Å². The summed E-state index contributed by atoms with van der Waals surface area (Å²) < 4.78 is 2.07. The summed E-state index contributed by atoms with van der Waals surface area (Å²) >= 11 is 0. The summed E-state index contributed by atoms with van der Waals surface area (Å²) in [7, 11) is 0. The van der Waals surface area contributed by atoms with E-state index in [4.69, 9.17) is 5.73 Å². The average molecular weight is 244 g/mol. The summed E-state index contributed by atoms with van der Waals surface area (Å²) in [6, 6.07) is 10.2. The monoisotopic (exact) mass is 244 g/mol. The van der Waals surface area contributed by atoms with E-state index in [0.717, 1.165) is 18.1 Å². The minimum absolute atomic E-state index is 0.306. The molecular weight excluding hydrogens is 224 g/mol. The highest BCUT2D eigenvalue weighted by atomic mass is 15.2. The number of hydrogen-bond acceptors (Lipinski definition) is 3. The molecule has 1 unspecified atom stereocenters. The van der Waals surface area contributed by atoms with Crippen molar-refractivity contribution in [2.24, 2.45) is 5.73 Å². The van der Waals surface area contributed by atoms with Crippen molar-refractivity contribution in [3.05, 3.63) is 48.3 Å². The second-order valence-corrected chi connectivity index (χ2v) is 4.56. The summed E-state index contributed by atoms with van der Waals surface area (Å²) in [5.41, 5.74) is 6.81. The second-order valence-electron chi connectivity index (χ2n) is 4.56. The Morgan fingerprint density at radius 1 is 1.33 bits per heavy atom. The number of rotatable bonds is 5. The molecule has 2 rings (SSSR count). The third-order valence-corrected chi connectivity index (χ3v) is 3.26. The van der Waals surface area contributed by atoms with Gasteiger partial charge in [-0.25, -0.2) is 4.98 Å². The first-order chi connectivity index (χ1) is 8.69. The van der Waals surface area contributed by atoms with Crippen molar-refractivity contribution in [3.63, 3.8) is 0 Å². The summed E-state index contributed by atoms with van der Waals surface area (Å²) in [6.45, 7) is 5.58. The van der Waals surface area contributed by atoms with Crippen LogP contribution in [0, 0.1) is 0 Å². The van der Waals surface area contributed by atoms with Crippen LogP contribution in [0.2, 0.25) is 0 Å². The molecule has 2 aromatic rings. The van der Waals surface area contributed by atoms with Gasteiger partial charge in [0.05, 0.1) is 5.54 Å². The zero-order valence-corrected chi connectivity index (χ0v) is 10.9. The zero-order chi connectivity index (χ0) is 13.0. The summed E-state index contributed by atoms with van der Waals surface area (Å²) in [5.74, 6) is 0.856.